The predicted octanol–water partition coefficient (Wildman–Crippen LogP) is 1.06. The van der Waals surface area contributed by atoms with Crippen molar-refractivity contribution >= 4 is 29.1 Å². The summed E-state index contributed by atoms with van der Waals surface area (Å²) in [6.45, 7) is 3.67. The van der Waals surface area contributed by atoms with E-state index < -0.39 is 11.9 Å². The number of amides is 3. The van der Waals surface area contributed by atoms with E-state index in [1.165, 1.54) is 11.3 Å². The van der Waals surface area contributed by atoms with Crippen molar-refractivity contribution in [2.75, 3.05) is 0 Å². The number of thiophene rings is 1. The largest absolute Gasteiger partial charge is 0.339 e. The van der Waals surface area contributed by atoms with E-state index in [4.69, 9.17) is 0 Å². The molecular weight excluding hydrogens is 290 g/mol. The van der Waals surface area contributed by atoms with Gasteiger partial charge in [0.15, 0.2) is 0 Å². The van der Waals surface area contributed by atoms with Crippen molar-refractivity contribution in [3.05, 3.63) is 22.4 Å². The van der Waals surface area contributed by atoms with Crippen LogP contribution in [0.5, 0.6) is 0 Å². The highest BCUT2D eigenvalue weighted by atomic mass is 32.1. The minimum absolute atomic E-state index is 0.0171. The van der Waals surface area contributed by atoms with Crippen LogP contribution >= 0.6 is 11.3 Å². The number of rotatable bonds is 5. The number of hydrazine groups is 1. The Morgan fingerprint density at radius 3 is 2.48 bits per heavy atom. The van der Waals surface area contributed by atoms with Crippen LogP contribution in [0.1, 0.15) is 36.4 Å². The number of hydrogen-bond donors (Lipinski definition) is 3. The molecule has 1 saturated carbocycles. The fourth-order valence-electron chi connectivity index (χ4n) is 1.80. The topological polar surface area (TPSA) is 87.3 Å². The van der Waals surface area contributed by atoms with Gasteiger partial charge in [-0.1, -0.05) is 19.9 Å². The summed E-state index contributed by atoms with van der Waals surface area (Å²) in [6, 6.07) is 2.78. The Kier molecular flexibility index (Phi) is 4.95. The van der Waals surface area contributed by atoms with E-state index in [1.54, 1.807) is 17.5 Å². The van der Waals surface area contributed by atoms with E-state index >= 15 is 0 Å². The maximum absolute atomic E-state index is 12.1. The van der Waals surface area contributed by atoms with E-state index in [9.17, 15) is 14.4 Å². The van der Waals surface area contributed by atoms with Gasteiger partial charge in [-0.25, -0.2) is 0 Å². The summed E-state index contributed by atoms with van der Waals surface area (Å²) in [5.41, 5.74) is 4.79. The lowest BCUT2D eigenvalue weighted by Gasteiger charge is -2.21. The van der Waals surface area contributed by atoms with Crippen LogP contribution < -0.4 is 16.2 Å². The number of hydrogen-bond acceptors (Lipinski definition) is 4. The first-order valence-electron chi connectivity index (χ1n) is 6.93. The summed E-state index contributed by atoms with van der Waals surface area (Å²) < 4.78 is 0. The van der Waals surface area contributed by atoms with E-state index in [1.807, 2.05) is 13.8 Å². The number of carbonyl (C=O) groups excluding carboxylic acids is 3. The van der Waals surface area contributed by atoms with E-state index in [2.05, 4.69) is 16.2 Å². The number of nitrogens with one attached hydrogen (secondary N) is 3. The summed E-state index contributed by atoms with van der Waals surface area (Å²) in [5, 5.41) is 4.50. The highest BCUT2D eigenvalue weighted by Crippen LogP contribution is 2.28. The summed E-state index contributed by atoms with van der Waals surface area (Å²) in [4.78, 5) is 36.2. The minimum atomic E-state index is -0.695. The van der Waals surface area contributed by atoms with E-state index in [-0.39, 0.29) is 23.7 Å². The minimum Gasteiger partial charge on any atom is -0.339 e. The van der Waals surface area contributed by atoms with Crippen LogP contribution in [0, 0.1) is 11.8 Å². The molecule has 114 valence electrons. The Hall–Kier alpha value is -1.89. The van der Waals surface area contributed by atoms with Crippen LogP contribution in [-0.2, 0) is 9.59 Å². The normalized spacial score (nSPS) is 15.4. The zero-order valence-corrected chi connectivity index (χ0v) is 12.8. The molecule has 3 N–H and O–H groups in total. The quantitative estimate of drug-likeness (QED) is 0.711. The zero-order valence-electron chi connectivity index (χ0n) is 12.0. The second-order valence-corrected chi connectivity index (χ2v) is 6.37. The maximum atomic E-state index is 12.1. The summed E-state index contributed by atoms with van der Waals surface area (Å²) >= 11 is 1.31. The van der Waals surface area contributed by atoms with Crippen molar-refractivity contribution in [2.24, 2.45) is 11.8 Å². The molecule has 6 nitrogen and oxygen atoms in total. The third kappa shape index (κ3) is 4.29. The molecule has 7 heteroatoms. The average molecular weight is 309 g/mol. The molecule has 1 unspecified atom stereocenters. The van der Waals surface area contributed by atoms with Gasteiger partial charge in [0, 0.05) is 5.92 Å². The van der Waals surface area contributed by atoms with Gasteiger partial charge in [-0.2, -0.15) is 0 Å². The molecule has 1 fully saturated rings. The van der Waals surface area contributed by atoms with Crippen molar-refractivity contribution in [2.45, 2.75) is 32.7 Å². The molecule has 1 aromatic heterocycles. The molecule has 2 rings (SSSR count). The summed E-state index contributed by atoms with van der Waals surface area (Å²) in [7, 11) is 0. The first-order chi connectivity index (χ1) is 9.99. The molecule has 1 atom stereocenters. The maximum Gasteiger partial charge on any atom is 0.262 e. The highest BCUT2D eigenvalue weighted by molar-refractivity contribution is 7.12. The molecule has 0 aliphatic heterocycles. The molecular formula is C14H19N3O3S. The second kappa shape index (κ2) is 6.71. The van der Waals surface area contributed by atoms with Gasteiger partial charge in [-0.15, -0.1) is 11.3 Å². The molecule has 0 aromatic carbocycles. The van der Waals surface area contributed by atoms with Crippen molar-refractivity contribution in [1.82, 2.24) is 16.2 Å². The first-order valence-corrected chi connectivity index (χ1v) is 7.81. The molecule has 1 aromatic rings. The fourth-order valence-corrected chi connectivity index (χ4v) is 2.43. The third-order valence-electron chi connectivity index (χ3n) is 3.24. The van der Waals surface area contributed by atoms with Crippen LogP contribution in [0.15, 0.2) is 17.5 Å². The van der Waals surface area contributed by atoms with Crippen molar-refractivity contribution < 1.29 is 14.4 Å². The van der Waals surface area contributed by atoms with Crippen molar-refractivity contribution in [1.29, 1.82) is 0 Å². The lowest BCUT2D eigenvalue weighted by atomic mass is 10.0. The third-order valence-corrected chi connectivity index (χ3v) is 4.11. The molecule has 1 aliphatic carbocycles. The van der Waals surface area contributed by atoms with Crippen LogP contribution in [0.3, 0.4) is 0 Å². The van der Waals surface area contributed by atoms with Gasteiger partial charge < -0.3 is 5.32 Å². The standard InChI is InChI=1S/C14H19N3O3S/c1-8(2)11(15-13(19)10-4-3-7-21-10)14(20)17-16-12(18)9-5-6-9/h3-4,7-9,11H,5-6H2,1-2H3,(H,15,19)(H,16,18)(H,17,20). The Labute approximate surface area is 127 Å². The van der Waals surface area contributed by atoms with Gasteiger partial charge in [-0.05, 0) is 30.2 Å². The lowest BCUT2D eigenvalue weighted by molar-refractivity contribution is -0.131. The predicted molar refractivity (Wildman–Crippen MR) is 79.4 cm³/mol. The van der Waals surface area contributed by atoms with Gasteiger partial charge in [0.05, 0.1) is 4.88 Å². The monoisotopic (exact) mass is 309 g/mol. The fraction of sp³-hybridized carbons (Fsp3) is 0.500. The molecule has 0 spiro atoms. The smallest absolute Gasteiger partial charge is 0.262 e. The molecule has 21 heavy (non-hydrogen) atoms. The van der Waals surface area contributed by atoms with E-state index in [0.29, 0.717) is 4.88 Å². The Morgan fingerprint density at radius 2 is 1.95 bits per heavy atom. The van der Waals surface area contributed by atoms with Crippen LogP contribution in [0.4, 0.5) is 0 Å². The van der Waals surface area contributed by atoms with Crippen LogP contribution in [-0.4, -0.2) is 23.8 Å². The highest BCUT2D eigenvalue weighted by Gasteiger charge is 2.31. The van der Waals surface area contributed by atoms with Crippen molar-refractivity contribution in [3.8, 4) is 0 Å². The molecule has 1 heterocycles. The van der Waals surface area contributed by atoms with Crippen molar-refractivity contribution in [3.63, 3.8) is 0 Å². The van der Waals surface area contributed by atoms with E-state index in [0.717, 1.165) is 12.8 Å². The van der Waals surface area contributed by atoms with Gasteiger partial charge in [0.2, 0.25) is 5.91 Å². The molecule has 1 aliphatic rings. The van der Waals surface area contributed by atoms with Gasteiger partial charge >= 0.3 is 0 Å². The summed E-state index contributed by atoms with van der Waals surface area (Å²) in [6.07, 6.45) is 1.73. The molecule has 3 amide bonds. The average Bonchev–Trinajstić information content (AvgIpc) is 3.16. The lowest BCUT2D eigenvalue weighted by Crippen LogP contribution is -2.54. The second-order valence-electron chi connectivity index (χ2n) is 5.43. The van der Waals surface area contributed by atoms with Gasteiger partial charge in [0.1, 0.15) is 6.04 Å². The molecule has 0 saturated heterocycles. The Balaban J connectivity index is 1.89. The first kappa shape index (κ1) is 15.5. The van der Waals surface area contributed by atoms with Gasteiger partial charge in [-0.3, -0.25) is 25.2 Å². The Bertz CT molecular complexity index is 524. The summed E-state index contributed by atoms with van der Waals surface area (Å²) in [5.74, 6) is -0.943. The van der Waals surface area contributed by atoms with Crippen LogP contribution in [0.2, 0.25) is 0 Å². The van der Waals surface area contributed by atoms with Gasteiger partial charge in [0.25, 0.3) is 11.8 Å². The molecule has 0 bridgehead atoms. The van der Waals surface area contributed by atoms with Crippen LogP contribution in [0.25, 0.3) is 0 Å². The Morgan fingerprint density at radius 1 is 1.24 bits per heavy atom. The molecule has 0 radical (unpaired) electrons. The number of carbonyl (C=O) groups is 3. The SMILES string of the molecule is CC(C)C(NC(=O)c1cccs1)C(=O)NNC(=O)C1CC1. The zero-order chi connectivity index (χ0) is 15.4.